The van der Waals surface area contributed by atoms with Crippen molar-refractivity contribution in [3.63, 3.8) is 0 Å². The van der Waals surface area contributed by atoms with Crippen LogP contribution >= 0.6 is 0 Å². The second-order valence-electron chi connectivity index (χ2n) is 9.15. The Morgan fingerprint density at radius 1 is 1.03 bits per heavy atom. The normalized spacial score (nSPS) is 16.1. The van der Waals surface area contributed by atoms with E-state index >= 15 is 0 Å². The van der Waals surface area contributed by atoms with Crippen molar-refractivity contribution in [2.24, 2.45) is 5.73 Å². The number of amides is 1. The van der Waals surface area contributed by atoms with E-state index in [9.17, 15) is 4.79 Å². The number of ether oxygens (including phenoxy) is 1. The summed E-state index contributed by atoms with van der Waals surface area (Å²) in [6.07, 6.45) is 2.30. The number of hydrogen-bond donors (Lipinski definition) is 3. The van der Waals surface area contributed by atoms with Gasteiger partial charge in [-0.15, -0.1) is 0 Å². The summed E-state index contributed by atoms with van der Waals surface area (Å²) < 4.78 is 6.22. The molecule has 0 saturated carbocycles. The Hall–Kier alpha value is -3.87. The molecule has 0 radical (unpaired) electrons. The zero-order chi connectivity index (χ0) is 23.8. The smallest absolute Gasteiger partial charge is 0.231 e. The Kier molecular flexibility index (Phi) is 5.69. The quantitative estimate of drug-likeness (QED) is 0.398. The van der Waals surface area contributed by atoms with Crippen molar-refractivity contribution < 1.29 is 9.53 Å². The number of nitrogens with one attached hydrogen (secondary N) is 2. The molecule has 0 unspecified atom stereocenters. The molecule has 1 saturated heterocycles. The van der Waals surface area contributed by atoms with Gasteiger partial charge in [-0.25, -0.2) is 0 Å². The van der Waals surface area contributed by atoms with Gasteiger partial charge in [0.25, 0.3) is 0 Å². The van der Waals surface area contributed by atoms with Crippen LogP contribution in [-0.2, 0) is 17.8 Å². The van der Waals surface area contributed by atoms with Gasteiger partial charge >= 0.3 is 0 Å². The fourth-order valence-corrected chi connectivity index (χ4v) is 4.85. The number of nitrogens with two attached hydrogens (primary N) is 1. The first-order valence-electron chi connectivity index (χ1n) is 11.6. The van der Waals surface area contributed by atoms with Crippen molar-refractivity contribution in [1.82, 2.24) is 4.90 Å². The van der Waals surface area contributed by atoms with Gasteiger partial charge in [0.05, 0.1) is 18.8 Å². The van der Waals surface area contributed by atoms with Gasteiger partial charge in [-0.1, -0.05) is 24.3 Å². The van der Waals surface area contributed by atoms with Gasteiger partial charge < -0.3 is 20.3 Å². The van der Waals surface area contributed by atoms with Crippen LogP contribution in [0.5, 0.6) is 5.75 Å². The first-order chi connectivity index (χ1) is 16.4. The fraction of sp³-hybridized carbons (Fsp3) is 0.296. The molecule has 0 aromatic heterocycles. The third-order valence-electron chi connectivity index (χ3n) is 6.76. The molecule has 0 bridgehead atoms. The number of benzene rings is 3. The van der Waals surface area contributed by atoms with E-state index in [-0.39, 0.29) is 17.8 Å². The van der Waals surface area contributed by atoms with E-state index in [0.29, 0.717) is 24.4 Å². The maximum absolute atomic E-state index is 12.9. The van der Waals surface area contributed by atoms with E-state index in [1.807, 2.05) is 60.4 Å². The first kappa shape index (κ1) is 21.9. The Morgan fingerprint density at radius 2 is 1.79 bits per heavy atom. The van der Waals surface area contributed by atoms with Crippen molar-refractivity contribution in [2.75, 3.05) is 18.0 Å². The highest BCUT2D eigenvalue weighted by Gasteiger charge is 2.28. The van der Waals surface area contributed by atoms with E-state index in [1.165, 1.54) is 0 Å². The van der Waals surface area contributed by atoms with Gasteiger partial charge in [0, 0.05) is 37.2 Å². The van der Waals surface area contributed by atoms with E-state index in [0.717, 1.165) is 59.3 Å². The van der Waals surface area contributed by atoms with E-state index in [2.05, 4.69) is 11.0 Å². The monoisotopic (exact) mass is 455 g/mol. The van der Waals surface area contributed by atoms with Gasteiger partial charge in [0.1, 0.15) is 17.7 Å². The summed E-state index contributed by atoms with van der Waals surface area (Å²) in [6, 6.07) is 17.8. The highest BCUT2D eigenvalue weighted by Crippen LogP contribution is 2.34. The number of rotatable bonds is 5. The molecule has 2 aliphatic rings. The average molecular weight is 456 g/mol. The molecular formula is C27H29N5O2. The molecule has 2 aliphatic heterocycles. The maximum Gasteiger partial charge on any atom is 0.231 e. The number of amidine groups is 2. The molecule has 7 nitrogen and oxygen atoms in total. The molecule has 3 aromatic rings. The minimum absolute atomic E-state index is 0.0457. The number of carbonyl (C=O) groups is 1. The molecule has 3 aromatic carbocycles. The van der Waals surface area contributed by atoms with E-state index in [4.69, 9.17) is 21.3 Å². The molecule has 174 valence electrons. The molecule has 0 aliphatic carbocycles. The third-order valence-corrected chi connectivity index (χ3v) is 6.76. The Bertz CT molecular complexity index is 1290. The van der Waals surface area contributed by atoms with Gasteiger partial charge in [0.2, 0.25) is 5.91 Å². The summed E-state index contributed by atoms with van der Waals surface area (Å²) in [6.45, 7) is 4.01. The van der Waals surface area contributed by atoms with Crippen molar-refractivity contribution >= 4 is 34.0 Å². The van der Waals surface area contributed by atoms with E-state index < -0.39 is 0 Å². The topological polar surface area (TPSA) is 107 Å². The van der Waals surface area contributed by atoms with Gasteiger partial charge in [-0.2, -0.15) is 0 Å². The molecule has 1 fully saturated rings. The average Bonchev–Trinajstić information content (AvgIpc) is 3.13. The molecule has 4 N–H and O–H groups in total. The third kappa shape index (κ3) is 4.33. The number of nitrogen functional groups attached to an aromatic ring is 1. The lowest BCUT2D eigenvalue weighted by atomic mass is 10.0. The van der Waals surface area contributed by atoms with Crippen LogP contribution in [0, 0.1) is 10.8 Å². The molecule has 1 amide bonds. The van der Waals surface area contributed by atoms with Crippen LogP contribution in [0.3, 0.4) is 0 Å². The number of likely N-dealkylation sites (tertiary alicyclic amines) is 1. The predicted octanol–water partition coefficient (Wildman–Crippen LogP) is 4.05. The van der Waals surface area contributed by atoms with Crippen LogP contribution in [0.25, 0.3) is 10.8 Å². The number of anilines is 1. The SMILES string of the molecule is CC(=N)N1CCC(Oc2ccc3c(c2)CC(=O)N3Cc2ccc3ccc(C(=N)N)cc3c2)CC1. The summed E-state index contributed by atoms with van der Waals surface area (Å²) in [5.74, 6) is 1.55. The van der Waals surface area contributed by atoms with Crippen LogP contribution in [0.15, 0.2) is 54.6 Å². The zero-order valence-corrected chi connectivity index (χ0v) is 19.3. The number of nitrogens with zero attached hydrogens (tertiary/aromatic N) is 2. The van der Waals surface area contributed by atoms with Crippen molar-refractivity contribution in [2.45, 2.75) is 38.8 Å². The standard InChI is InChI=1S/C27H29N5O2/c1-17(28)31-10-8-23(9-11-31)34-24-6-7-25-22(14-24)15-26(33)32(25)16-18-2-3-19-4-5-20(27(29)30)13-21(19)12-18/h2-7,12-14,23,28H,8-11,15-16H2,1H3,(H3,29,30). The van der Waals surface area contributed by atoms with Crippen molar-refractivity contribution in [3.8, 4) is 5.75 Å². The van der Waals surface area contributed by atoms with E-state index in [1.54, 1.807) is 0 Å². The molecule has 2 heterocycles. The summed E-state index contributed by atoms with van der Waals surface area (Å²) >= 11 is 0. The summed E-state index contributed by atoms with van der Waals surface area (Å²) in [4.78, 5) is 16.8. The van der Waals surface area contributed by atoms with Crippen LogP contribution in [0.1, 0.15) is 36.5 Å². The van der Waals surface area contributed by atoms with Crippen LogP contribution < -0.4 is 15.4 Å². The lowest BCUT2D eigenvalue weighted by Gasteiger charge is -2.32. The second-order valence-corrected chi connectivity index (χ2v) is 9.15. The van der Waals surface area contributed by atoms with Crippen LogP contribution in [0.4, 0.5) is 5.69 Å². The van der Waals surface area contributed by atoms with Gasteiger partial charge in [-0.05, 0) is 59.2 Å². The first-order valence-corrected chi connectivity index (χ1v) is 11.6. The lowest BCUT2D eigenvalue weighted by molar-refractivity contribution is -0.117. The molecule has 5 rings (SSSR count). The Labute approximate surface area is 199 Å². The fourth-order valence-electron chi connectivity index (χ4n) is 4.85. The van der Waals surface area contributed by atoms with Crippen LogP contribution in [-0.4, -0.2) is 41.7 Å². The minimum Gasteiger partial charge on any atom is -0.490 e. The lowest BCUT2D eigenvalue weighted by Crippen LogP contribution is -2.40. The van der Waals surface area contributed by atoms with Crippen molar-refractivity contribution in [1.29, 1.82) is 10.8 Å². The maximum atomic E-state index is 12.9. The number of fused-ring (bicyclic) bond motifs is 2. The highest BCUT2D eigenvalue weighted by atomic mass is 16.5. The largest absolute Gasteiger partial charge is 0.490 e. The number of piperidine rings is 1. The van der Waals surface area contributed by atoms with Crippen molar-refractivity contribution in [3.05, 3.63) is 71.3 Å². The summed E-state index contributed by atoms with van der Waals surface area (Å²) in [7, 11) is 0. The number of hydrogen-bond acceptors (Lipinski definition) is 4. The molecule has 7 heteroatoms. The van der Waals surface area contributed by atoms with Gasteiger partial charge in [-0.3, -0.25) is 15.6 Å². The van der Waals surface area contributed by atoms with Gasteiger partial charge in [0.15, 0.2) is 0 Å². The molecule has 34 heavy (non-hydrogen) atoms. The minimum atomic E-state index is 0.0457. The second kappa shape index (κ2) is 8.82. The van der Waals surface area contributed by atoms with Crippen LogP contribution in [0.2, 0.25) is 0 Å². The molecule has 0 atom stereocenters. The molecule has 0 spiro atoms. The highest BCUT2D eigenvalue weighted by molar-refractivity contribution is 6.02. The summed E-state index contributed by atoms with van der Waals surface area (Å²) in [5, 5.41) is 17.5. The Balaban J connectivity index is 1.30. The Morgan fingerprint density at radius 3 is 2.53 bits per heavy atom. The predicted molar refractivity (Wildman–Crippen MR) is 135 cm³/mol. The zero-order valence-electron chi connectivity index (χ0n) is 19.3. The molecular weight excluding hydrogens is 426 g/mol. The number of carbonyl (C=O) groups excluding carboxylic acids is 1. The summed E-state index contributed by atoms with van der Waals surface area (Å²) in [5.41, 5.74) is 9.30.